The number of aliphatic imine (C=N–C) groups is 1. The lowest BCUT2D eigenvalue weighted by molar-refractivity contribution is 0.100. The summed E-state index contributed by atoms with van der Waals surface area (Å²) in [6, 6.07) is 2.44. The summed E-state index contributed by atoms with van der Waals surface area (Å²) in [5.74, 6) is -1.76. The smallest absolute Gasteiger partial charge is 0.281 e. The Labute approximate surface area is 127 Å². The number of guanidine groups is 1. The van der Waals surface area contributed by atoms with Crippen molar-refractivity contribution in [3.63, 3.8) is 0 Å². The third kappa shape index (κ3) is 4.16. The SMILES string of the molecule is CC(CO)c1cc(S(C)(=O)=O)cc(C(=O)N=C(N)N)c1Cl. The molecule has 0 aromatic heterocycles. The summed E-state index contributed by atoms with van der Waals surface area (Å²) >= 11 is 6.11. The molecule has 21 heavy (non-hydrogen) atoms. The van der Waals surface area contributed by atoms with Crippen molar-refractivity contribution in [2.24, 2.45) is 16.5 Å². The highest BCUT2D eigenvalue weighted by molar-refractivity contribution is 7.90. The van der Waals surface area contributed by atoms with Gasteiger partial charge in [-0.05, 0) is 17.7 Å². The van der Waals surface area contributed by atoms with Gasteiger partial charge in [-0.2, -0.15) is 4.99 Å². The molecule has 0 bridgehead atoms. The first-order valence-electron chi connectivity index (χ1n) is 5.86. The summed E-state index contributed by atoms with van der Waals surface area (Å²) in [5, 5.41) is 9.23. The minimum absolute atomic E-state index is 0.0129. The van der Waals surface area contributed by atoms with E-state index in [1.165, 1.54) is 6.07 Å². The topological polar surface area (TPSA) is 136 Å². The third-order valence-electron chi connectivity index (χ3n) is 2.77. The van der Waals surface area contributed by atoms with Gasteiger partial charge in [-0.25, -0.2) is 8.42 Å². The minimum Gasteiger partial charge on any atom is -0.396 e. The second-order valence-corrected chi connectivity index (χ2v) is 6.97. The molecule has 1 aromatic rings. The lowest BCUT2D eigenvalue weighted by Gasteiger charge is -2.14. The van der Waals surface area contributed by atoms with Gasteiger partial charge in [-0.3, -0.25) is 4.79 Å². The van der Waals surface area contributed by atoms with E-state index in [9.17, 15) is 18.3 Å². The van der Waals surface area contributed by atoms with Crippen LogP contribution in [0.5, 0.6) is 0 Å². The highest BCUT2D eigenvalue weighted by Gasteiger charge is 2.21. The summed E-state index contributed by atoms with van der Waals surface area (Å²) in [7, 11) is -3.57. The van der Waals surface area contributed by atoms with Gasteiger partial charge in [-0.1, -0.05) is 18.5 Å². The van der Waals surface area contributed by atoms with Crippen molar-refractivity contribution in [3.8, 4) is 0 Å². The largest absolute Gasteiger partial charge is 0.396 e. The first-order valence-corrected chi connectivity index (χ1v) is 8.13. The maximum absolute atomic E-state index is 11.9. The van der Waals surface area contributed by atoms with Crippen molar-refractivity contribution >= 4 is 33.3 Å². The van der Waals surface area contributed by atoms with E-state index >= 15 is 0 Å². The molecule has 0 aliphatic heterocycles. The van der Waals surface area contributed by atoms with Crippen molar-refractivity contribution in [1.29, 1.82) is 0 Å². The molecule has 0 heterocycles. The van der Waals surface area contributed by atoms with Crippen LogP contribution in [0, 0.1) is 0 Å². The number of hydrogen-bond acceptors (Lipinski definition) is 4. The molecule has 1 atom stereocenters. The van der Waals surface area contributed by atoms with E-state index in [-0.39, 0.29) is 22.1 Å². The molecule has 1 aromatic carbocycles. The van der Waals surface area contributed by atoms with Crippen LogP contribution in [0.3, 0.4) is 0 Å². The molecule has 0 saturated carbocycles. The number of sulfone groups is 1. The number of hydrogen-bond donors (Lipinski definition) is 3. The number of aliphatic hydroxyl groups is 1. The number of carbonyl (C=O) groups is 1. The van der Waals surface area contributed by atoms with Gasteiger partial charge in [0.25, 0.3) is 5.91 Å². The van der Waals surface area contributed by atoms with Crippen molar-refractivity contribution in [2.75, 3.05) is 12.9 Å². The number of nitrogens with zero attached hydrogens (tertiary/aromatic N) is 1. The lowest BCUT2D eigenvalue weighted by atomic mass is 9.99. The molecule has 1 unspecified atom stereocenters. The van der Waals surface area contributed by atoms with Crippen LogP contribution >= 0.6 is 11.6 Å². The van der Waals surface area contributed by atoms with E-state index in [2.05, 4.69) is 4.99 Å². The summed E-state index contributed by atoms with van der Waals surface area (Å²) in [5.41, 5.74) is 10.5. The predicted octanol–water partition coefficient (Wildman–Crippen LogP) is 0.253. The first kappa shape index (κ1) is 17.4. The Morgan fingerprint density at radius 3 is 2.43 bits per heavy atom. The fourth-order valence-corrected chi connectivity index (χ4v) is 2.67. The second-order valence-electron chi connectivity index (χ2n) is 4.57. The molecule has 5 N–H and O–H groups in total. The van der Waals surface area contributed by atoms with Gasteiger partial charge in [-0.15, -0.1) is 0 Å². The average Bonchev–Trinajstić information content (AvgIpc) is 2.35. The zero-order valence-corrected chi connectivity index (χ0v) is 13.1. The molecule has 0 fully saturated rings. The Bertz CT molecular complexity index is 697. The van der Waals surface area contributed by atoms with Crippen LogP contribution in [0.2, 0.25) is 5.02 Å². The predicted molar refractivity (Wildman–Crippen MR) is 80.2 cm³/mol. The van der Waals surface area contributed by atoms with E-state index in [0.717, 1.165) is 12.3 Å². The number of carbonyl (C=O) groups excluding carboxylic acids is 1. The number of aliphatic hydroxyl groups excluding tert-OH is 1. The maximum atomic E-state index is 11.9. The number of nitrogens with two attached hydrogens (primary N) is 2. The van der Waals surface area contributed by atoms with E-state index in [1.807, 2.05) is 0 Å². The van der Waals surface area contributed by atoms with Crippen molar-refractivity contribution < 1.29 is 18.3 Å². The van der Waals surface area contributed by atoms with Crippen molar-refractivity contribution in [2.45, 2.75) is 17.7 Å². The molecule has 9 heteroatoms. The van der Waals surface area contributed by atoms with E-state index in [1.54, 1.807) is 6.92 Å². The fourth-order valence-electron chi connectivity index (χ4n) is 1.62. The van der Waals surface area contributed by atoms with Gasteiger partial charge in [0.1, 0.15) is 0 Å². The normalized spacial score (nSPS) is 12.8. The van der Waals surface area contributed by atoms with Gasteiger partial charge in [0, 0.05) is 18.8 Å². The average molecular weight is 334 g/mol. The zero-order valence-electron chi connectivity index (χ0n) is 11.5. The molecule has 0 spiro atoms. The molecule has 1 rings (SSSR count). The Hall–Kier alpha value is -1.64. The number of rotatable bonds is 4. The summed E-state index contributed by atoms with van der Waals surface area (Å²) in [4.78, 5) is 15.2. The standard InChI is InChI=1S/C12H16ClN3O4S/c1-6(5-17)8-3-7(21(2,19)20)4-9(10(8)13)11(18)16-12(14)15/h3-4,6,17H,5H2,1-2H3,(H4,14,15,16,18). The molecule has 0 aliphatic rings. The molecule has 0 radical (unpaired) electrons. The number of benzene rings is 1. The minimum atomic E-state index is -3.57. The van der Waals surface area contributed by atoms with Crippen molar-refractivity contribution in [1.82, 2.24) is 0 Å². The van der Waals surface area contributed by atoms with Crippen LogP contribution < -0.4 is 11.5 Å². The summed E-state index contributed by atoms with van der Waals surface area (Å²) < 4.78 is 23.4. The number of amides is 1. The zero-order chi connectivity index (χ0) is 16.4. The molecule has 1 amide bonds. The Morgan fingerprint density at radius 2 is 2.00 bits per heavy atom. The molecule has 0 aliphatic carbocycles. The van der Waals surface area contributed by atoms with Gasteiger partial charge in [0.15, 0.2) is 15.8 Å². The van der Waals surface area contributed by atoms with Crippen LogP contribution in [-0.4, -0.2) is 38.3 Å². The molecule has 116 valence electrons. The first-order chi connectivity index (χ1) is 9.57. The molecular weight excluding hydrogens is 318 g/mol. The van der Waals surface area contributed by atoms with Crippen LogP contribution in [-0.2, 0) is 9.84 Å². The van der Waals surface area contributed by atoms with Gasteiger partial charge in [0.05, 0.1) is 15.5 Å². The molecule has 0 saturated heterocycles. The number of halogens is 1. The van der Waals surface area contributed by atoms with E-state index in [0.29, 0.717) is 5.56 Å². The summed E-state index contributed by atoms with van der Waals surface area (Å²) in [6.45, 7) is 1.38. The highest BCUT2D eigenvalue weighted by atomic mass is 35.5. The monoisotopic (exact) mass is 333 g/mol. The summed E-state index contributed by atoms with van der Waals surface area (Å²) in [6.07, 6.45) is 0.998. The van der Waals surface area contributed by atoms with Crippen LogP contribution in [0.15, 0.2) is 22.0 Å². The fraction of sp³-hybridized carbons (Fsp3) is 0.333. The third-order valence-corrected chi connectivity index (χ3v) is 4.28. The van der Waals surface area contributed by atoms with Crippen LogP contribution in [0.25, 0.3) is 0 Å². The van der Waals surface area contributed by atoms with Gasteiger partial charge < -0.3 is 16.6 Å². The lowest BCUT2D eigenvalue weighted by Crippen LogP contribution is -2.24. The van der Waals surface area contributed by atoms with Crippen LogP contribution in [0.1, 0.15) is 28.8 Å². The Morgan fingerprint density at radius 1 is 1.43 bits per heavy atom. The Kier molecular flexibility index (Phi) is 5.32. The molecular formula is C12H16ClN3O4S. The highest BCUT2D eigenvalue weighted by Crippen LogP contribution is 2.31. The maximum Gasteiger partial charge on any atom is 0.281 e. The Balaban J connectivity index is 3.64. The van der Waals surface area contributed by atoms with Crippen LogP contribution in [0.4, 0.5) is 0 Å². The van der Waals surface area contributed by atoms with E-state index in [4.69, 9.17) is 23.1 Å². The quantitative estimate of drug-likeness (QED) is 0.534. The van der Waals surface area contributed by atoms with E-state index < -0.39 is 27.6 Å². The second kappa shape index (κ2) is 6.42. The van der Waals surface area contributed by atoms with Crippen molar-refractivity contribution in [3.05, 3.63) is 28.3 Å². The molecule has 7 nitrogen and oxygen atoms in total. The van der Waals surface area contributed by atoms with Gasteiger partial charge >= 0.3 is 0 Å². The van der Waals surface area contributed by atoms with Gasteiger partial charge in [0.2, 0.25) is 0 Å².